The summed E-state index contributed by atoms with van der Waals surface area (Å²) < 4.78 is 0. The number of para-hydroxylation sites is 1. The zero-order valence-electron chi connectivity index (χ0n) is 10.2. The number of likely N-dealkylation sites (N-methyl/N-ethyl adjacent to an activating group) is 1. The monoisotopic (exact) mass is 236 g/mol. The van der Waals surface area contributed by atoms with E-state index in [0.29, 0.717) is 12.1 Å². The van der Waals surface area contributed by atoms with E-state index in [0.717, 1.165) is 6.54 Å². The lowest BCUT2D eigenvalue weighted by atomic mass is 10.2. The summed E-state index contributed by atoms with van der Waals surface area (Å²) in [5, 5.41) is 3.66. The number of anilines is 1. The summed E-state index contributed by atoms with van der Waals surface area (Å²) in [6.07, 6.45) is 3.36. The average Bonchev–Trinajstić information content (AvgIpc) is 2.59. The van der Waals surface area contributed by atoms with E-state index in [2.05, 4.69) is 54.7 Å². The fourth-order valence-electron chi connectivity index (χ4n) is 2.28. The Morgan fingerprint density at radius 1 is 1.38 bits per heavy atom. The molecule has 2 nitrogen and oxygen atoms in total. The predicted molar refractivity (Wildman–Crippen MR) is 72.3 cm³/mol. The lowest BCUT2D eigenvalue weighted by molar-refractivity contribution is 0.330. The molecule has 0 aromatic heterocycles. The second-order valence-corrected chi connectivity index (χ2v) is 5.41. The third-order valence-electron chi connectivity index (χ3n) is 3.35. The van der Waals surface area contributed by atoms with Crippen molar-refractivity contribution in [2.75, 3.05) is 25.2 Å². The van der Waals surface area contributed by atoms with Gasteiger partial charge in [-0.05, 0) is 38.8 Å². The third-order valence-corrected chi connectivity index (χ3v) is 4.15. The molecule has 0 aliphatic carbocycles. The van der Waals surface area contributed by atoms with Crippen LogP contribution in [0.2, 0.25) is 0 Å². The lowest BCUT2D eigenvalue weighted by Gasteiger charge is -2.16. The van der Waals surface area contributed by atoms with Gasteiger partial charge in [0.05, 0.1) is 0 Å². The van der Waals surface area contributed by atoms with E-state index < -0.39 is 0 Å². The fraction of sp³-hybridized carbons (Fsp3) is 0.538. The molecule has 1 saturated heterocycles. The van der Waals surface area contributed by atoms with Crippen molar-refractivity contribution in [3.8, 4) is 0 Å². The highest BCUT2D eigenvalue weighted by Gasteiger charge is 2.26. The molecule has 0 saturated carbocycles. The number of nitrogens with zero attached hydrogens (tertiary/aromatic N) is 1. The van der Waals surface area contributed by atoms with Gasteiger partial charge in [-0.3, -0.25) is 0 Å². The van der Waals surface area contributed by atoms with E-state index >= 15 is 0 Å². The van der Waals surface area contributed by atoms with Crippen LogP contribution in [0.5, 0.6) is 0 Å². The van der Waals surface area contributed by atoms with Crippen molar-refractivity contribution in [1.82, 2.24) is 4.90 Å². The molecule has 0 spiro atoms. The van der Waals surface area contributed by atoms with Gasteiger partial charge in [0.15, 0.2) is 0 Å². The molecule has 16 heavy (non-hydrogen) atoms. The van der Waals surface area contributed by atoms with E-state index in [4.69, 9.17) is 0 Å². The van der Waals surface area contributed by atoms with E-state index in [1.54, 1.807) is 11.8 Å². The number of rotatable bonds is 3. The van der Waals surface area contributed by atoms with E-state index in [-0.39, 0.29) is 0 Å². The molecule has 1 fully saturated rings. The van der Waals surface area contributed by atoms with Crippen LogP contribution in [0, 0.1) is 0 Å². The highest BCUT2D eigenvalue weighted by molar-refractivity contribution is 7.98. The van der Waals surface area contributed by atoms with Gasteiger partial charge < -0.3 is 10.2 Å². The first kappa shape index (κ1) is 11.8. The molecule has 1 aliphatic rings. The number of thioether (sulfide) groups is 1. The number of hydrogen-bond acceptors (Lipinski definition) is 3. The Hall–Kier alpha value is -0.670. The van der Waals surface area contributed by atoms with Gasteiger partial charge in [-0.25, -0.2) is 0 Å². The van der Waals surface area contributed by atoms with Gasteiger partial charge in [-0.2, -0.15) is 0 Å². The topological polar surface area (TPSA) is 15.3 Å². The Morgan fingerprint density at radius 3 is 2.75 bits per heavy atom. The summed E-state index contributed by atoms with van der Waals surface area (Å²) in [5.74, 6) is 0. The number of likely N-dealkylation sites (tertiary alicyclic amines) is 1. The molecule has 88 valence electrons. The summed E-state index contributed by atoms with van der Waals surface area (Å²) in [6, 6.07) is 9.83. The van der Waals surface area contributed by atoms with Crippen molar-refractivity contribution in [2.45, 2.75) is 30.3 Å². The first-order chi connectivity index (χ1) is 7.70. The van der Waals surface area contributed by atoms with Gasteiger partial charge in [0.25, 0.3) is 0 Å². The maximum atomic E-state index is 3.66. The second-order valence-electron chi connectivity index (χ2n) is 4.57. The molecule has 0 radical (unpaired) electrons. The van der Waals surface area contributed by atoms with Crippen LogP contribution in [0.3, 0.4) is 0 Å². The van der Waals surface area contributed by atoms with Crippen molar-refractivity contribution in [3.63, 3.8) is 0 Å². The van der Waals surface area contributed by atoms with Crippen molar-refractivity contribution in [3.05, 3.63) is 24.3 Å². The minimum absolute atomic E-state index is 0.591. The molecule has 1 N–H and O–H groups in total. The van der Waals surface area contributed by atoms with Crippen LogP contribution < -0.4 is 5.32 Å². The number of hydrogen-bond donors (Lipinski definition) is 1. The van der Waals surface area contributed by atoms with E-state index in [9.17, 15) is 0 Å². The normalized spacial score (nSPS) is 25.9. The van der Waals surface area contributed by atoms with Gasteiger partial charge in [0.1, 0.15) is 0 Å². The predicted octanol–water partition coefficient (Wildman–Crippen LogP) is 2.91. The highest BCUT2D eigenvalue weighted by atomic mass is 32.2. The summed E-state index contributed by atoms with van der Waals surface area (Å²) in [6.45, 7) is 3.44. The van der Waals surface area contributed by atoms with Crippen LogP contribution in [-0.4, -0.2) is 36.8 Å². The molecular formula is C13H20N2S. The van der Waals surface area contributed by atoms with Gasteiger partial charge in [-0.15, -0.1) is 11.8 Å². The van der Waals surface area contributed by atoms with Crippen LogP contribution in [0.4, 0.5) is 5.69 Å². The van der Waals surface area contributed by atoms with Gasteiger partial charge in [0.2, 0.25) is 0 Å². The zero-order valence-corrected chi connectivity index (χ0v) is 11.1. The Balaban J connectivity index is 2.04. The maximum Gasteiger partial charge on any atom is 0.0480 e. The number of nitrogens with one attached hydrogen (secondary N) is 1. The molecule has 3 heteroatoms. The fourth-order valence-corrected chi connectivity index (χ4v) is 2.84. The molecule has 1 aromatic carbocycles. The van der Waals surface area contributed by atoms with Crippen molar-refractivity contribution in [1.29, 1.82) is 0 Å². The van der Waals surface area contributed by atoms with Crippen LogP contribution in [0.1, 0.15) is 13.3 Å². The van der Waals surface area contributed by atoms with Gasteiger partial charge in [-0.1, -0.05) is 12.1 Å². The SMILES string of the molecule is CSc1ccccc1NC1CC(C)N(C)C1. The van der Waals surface area contributed by atoms with Crippen molar-refractivity contribution < 1.29 is 0 Å². The van der Waals surface area contributed by atoms with Crippen LogP contribution >= 0.6 is 11.8 Å². The first-order valence-electron chi connectivity index (χ1n) is 5.80. The molecule has 2 atom stereocenters. The standard InChI is InChI=1S/C13H20N2S/c1-10-8-11(9-15(10)2)14-12-6-4-5-7-13(12)16-3/h4-7,10-11,14H,8-9H2,1-3H3. The van der Waals surface area contributed by atoms with Crippen LogP contribution in [0.25, 0.3) is 0 Å². The molecule has 0 amide bonds. The smallest absolute Gasteiger partial charge is 0.0480 e. The van der Waals surface area contributed by atoms with E-state index in [1.165, 1.54) is 17.0 Å². The molecule has 2 unspecified atom stereocenters. The van der Waals surface area contributed by atoms with E-state index in [1.807, 2.05) is 0 Å². The quantitative estimate of drug-likeness (QED) is 0.812. The molecule has 1 aromatic rings. The summed E-state index contributed by atoms with van der Waals surface area (Å²) >= 11 is 1.80. The van der Waals surface area contributed by atoms with Crippen molar-refractivity contribution in [2.24, 2.45) is 0 Å². The summed E-state index contributed by atoms with van der Waals surface area (Å²) in [5.41, 5.74) is 1.28. The Kier molecular flexibility index (Phi) is 3.77. The molecule has 0 bridgehead atoms. The van der Waals surface area contributed by atoms with Crippen LogP contribution in [0.15, 0.2) is 29.2 Å². The lowest BCUT2D eigenvalue weighted by Crippen LogP contribution is -2.25. The average molecular weight is 236 g/mol. The Morgan fingerprint density at radius 2 is 2.12 bits per heavy atom. The molecule has 2 rings (SSSR count). The minimum Gasteiger partial charge on any atom is -0.380 e. The summed E-state index contributed by atoms with van der Waals surface area (Å²) in [4.78, 5) is 3.75. The maximum absolute atomic E-state index is 3.66. The highest BCUT2D eigenvalue weighted by Crippen LogP contribution is 2.27. The van der Waals surface area contributed by atoms with Crippen molar-refractivity contribution >= 4 is 17.4 Å². The number of benzene rings is 1. The second kappa shape index (κ2) is 5.11. The zero-order chi connectivity index (χ0) is 11.5. The molecular weight excluding hydrogens is 216 g/mol. The molecule has 1 aliphatic heterocycles. The van der Waals surface area contributed by atoms with Gasteiger partial charge in [0, 0.05) is 29.2 Å². The first-order valence-corrected chi connectivity index (χ1v) is 7.03. The summed E-state index contributed by atoms with van der Waals surface area (Å²) in [7, 11) is 2.20. The minimum atomic E-state index is 0.591. The Labute approximate surface area is 102 Å². The largest absolute Gasteiger partial charge is 0.380 e. The van der Waals surface area contributed by atoms with Crippen LogP contribution in [-0.2, 0) is 0 Å². The third kappa shape index (κ3) is 2.53. The van der Waals surface area contributed by atoms with Gasteiger partial charge >= 0.3 is 0 Å². The Bertz CT molecular complexity index is 344. The molecule has 1 heterocycles.